The highest BCUT2D eigenvalue weighted by Gasteiger charge is 2.17. The van der Waals surface area contributed by atoms with Gasteiger partial charge in [-0.1, -0.05) is 32.9 Å². The first-order chi connectivity index (χ1) is 15.3. The number of fused-ring (bicyclic) bond motifs is 1. The Morgan fingerprint density at radius 2 is 1.72 bits per heavy atom. The Morgan fingerprint density at radius 1 is 0.969 bits per heavy atom. The predicted octanol–water partition coefficient (Wildman–Crippen LogP) is 4.96. The lowest BCUT2D eigenvalue weighted by molar-refractivity contribution is 0.102. The van der Waals surface area contributed by atoms with Crippen LogP contribution in [0.1, 0.15) is 36.7 Å². The summed E-state index contributed by atoms with van der Waals surface area (Å²) in [5.41, 5.74) is 3.90. The number of hydrogen-bond donors (Lipinski definition) is 1. The average molecular weight is 431 g/mol. The van der Waals surface area contributed by atoms with Gasteiger partial charge < -0.3 is 14.8 Å². The van der Waals surface area contributed by atoms with Gasteiger partial charge in [-0.05, 0) is 35.2 Å². The second kappa shape index (κ2) is 8.34. The number of carbonyl (C=O) groups excluding carboxylic acids is 1. The van der Waals surface area contributed by atoms with Gasteiger partial charge in [-0.15, -0.1) is 0 Å². The quantitative estimate of drug-likeness (QED) is 0.484. The minimum absolute atomic E-state index is 0.0237. The summed E-state index contributed by atoms with van der Waals surface area (Å²) in [6.07, 6.45) is 1.67. The number of anilines is 1. The maximum absolute atomic E-state index is 12.9. The second-order valence-electron chi connectivity index (χ2n) is 8.48. The molecule has 0 atom stereocenters. The maximum Gasteiger partial charge on any atom is 0.256 e. The predicted molar refractivity (Wildman–Crippen MR) is 125 cm³/mol. The number of carbonyl (C=O) groups is 1. The Labute approximate surface area is 187 Å². The van der Waals surface area contributed by atoms with Gasteiger partial charge in [-0.2, -0.15) is 5.10 Å². The van der Waals surface area contributed by atoms with E-state index in [4.69, 9.17) is 9.47 Å². The number of nitrogens with one attached hydrogen (secondary N) is 1. The summed E-state index contributed by atoms with van der Waals surface area (Å²) in [5.74, 6) is 1.51. The lowest BCUT2D eigenvalue weighted by atomic mass is 9.87. The monoisotopic (exact) mass is 430 g/mol. The molecule has 2 heterocycles. The molecule has 0 aliphatic carbocycles. The Hall–Kier alpha value is -3.87. The molecule has 2 aromatic carbocycles. The van der Waals surface area contributed by atoms with E-state index in [0.29, 0.717) is 28.5 Å². The maximum atomic E-state index is 12.9. The number of aromatic nitrogens is 3. The van der Waals surface area contributed by atoms with Gasteiger partial charge in [-0.25, -0.2) is 9.50 Å². The van der Waals surface area contributed by atoms with Gasteiger partial charge >= 0.3 is 0 Å². The summed E-state index contributed by atoms with van der Waals surface area (Å²) < 4.78 is 12.6. The van der Waals surface area contributed by atoms with Crippen LogP contribution in [-0.4, -0.2) is 34.7 Å². The van der Waals surface area contributed by atoms with Crippen LogP contribution in [0, 0.1) is 0 Å². The SMILES string of the molecule is COc1ccc(-c2cc(NC(=O)c3ccc(C(C)(C)C)cc3)nc3ccnn23)c(OC)c1. The van der Waals surface area contributed by atoms with Gasteiger partial charge in [0.2, 0.25) is 0 Å². The van der Waals surface area contributed by atoms with Crippen LogP contribution in [0.4, 0.5) is 5.82 Å². The largest absolute Gasteiger partial charge is 0.497 e. The third-order valence-corrected chi connectivity index (χ3v) is 5.30. The lowest BCUT2D eigenvalue weighted by Crippen LogP contribution is -2.15. The standard InChI is InChI=1S/C25H26N4O3/c1-25(2,3)17-8-6-16(7-9-17)24(30)28-22-15-20(29-23(27-22)12-13-26-29)19-11-10-18(31-4)14-21(19)32-5/h6-15H,1-5H3,(H,27,28,30). The van der Waals surface area contributed by atoms with Gasteiger partial charge in [0.15, 0.2) is 5.65 Å². The van der Waals surface area contributed by atoms with E-state index >= 15 is 0 Å². The zero-order valence-corrected chi connectivity index (χ0v) is 18.8. The fourth-order valence-corrected chi connectivity index (χ4v) is 3.49. The molecule has 0 radical (unpaired) electrons. The van der Waals surface area contributed by atoms with Crippen molar-refractivity contribution in [3.05, 3.63) is 71.9 Å². The fourth-order valence-electron chi connectivity index (χ4n) is 3.49. The number of nitrogens with zero attached hydrogens (tertiary/aromatic N) is 3. The minimum atomic E-state index is -0.227. The van der Waals surface area contributed by atoms with Crippen molar-refractivity contribution in [2.24, 2.45) is 0 Å². The molecular formula is C25H26N4O3. The topological polar surface area (TPSA) is 77.8 Å². The van der Waals surface area contributed by atoms with E-state index in [0.717, 1.165) is 11.3 Å². The Balaban J connectivity index is 1.70. The van der Waals surface area contributed by atoms with Crippen LogP contribution in [0.5, 0.6) is 11.5 Å². The number of methoxy groups -OCH3 is 2. The summed E-state index contributed by atoms with van der Waals surface area (Å²) in [6, 6.07) is 16.8. The summed E-state index contributed by atoms with van der Waals surface area (Å²) >= 11 is 0. The molecule has 2 aromatic heterocycles. The number of rotatable bonds is 5. The Morgan fingerprint density at radius 3 is 2.38 bits per heavy atom. The molecule has 7 nitrogen and oxygen atoms in total. The number of hydrogen-bond acceptors (Lipinski definition) is 5. The van der Waals surface area contributed by atoms with Crippen molar-refractivity contribution in [2.75, 3.05) is 19.5 Å². The zero-order chi connectivity index (χ0) is 22.9. The molecule has 164 valence electrons. The number of amides is 1. The number of ether oxygens (including phenoxy) is 2. The Kier molecular flexibility index (Phi) is 5.57. The van der Waals surface area contributed by atoms with E-state index < -0.39 is 0 Å². The van der Waals surface area contributed by atoms with Crippen LogP contribution < -0.4 is 14.8 Å². The molecule has 4 aromatic rings. The summed E-state index contributed by atoms with van der Waals surface area (Å²) in [6.45, 7) is 6.42. The normalized spacial score (nSPS) is 11.4. The summed E-state index contributed by atoms with van der Waals surface area (Å²) in [7, 11) is 3.21. The highest BCUT2D eigenvalue weighted by molar-refractivity contribution is 6.04. The van der Waals surface area contributed by atoms with E-state index in [-0.39, 0.29) is 11.3 Å². The molecule has 1 N–H and O–H groups in total. The molecule has 0 aliphatic rings. The molecule has 1 amide bonds. The molecule has 4 rings (SSSR count). The van der Waals surface area contributed by atoms with Gasteiger partial charge in [0.1, 0.15) is 17.3 Å². The van der Waals surface area contributed by atoms with E-state index in [9.17, 15) is 4.79 Å². The molecule has 0 unspecified atom stereocenters. The molecule has 7 heteroatoms. The Bertz CT molecular complexity index is 1270. The highest BCUT2D eigenvalue weighted by Crippen LogP contribution is 2.34. The minimum Gasteiger partial charge on any atom is -0.497 e. The highest BCUT2D eigenvalue weighted by atomic mass is 16.5. The molecule has 0 saturated heterocycles. The zero-order valence-electron chi connectivity index (χ0n) is 18.8. The smallest absolute Gasteiger partial charge is 0.256 e. The van der Waals surface area contributed by atoms with Crippen LogP contribution in [0.25, 0.3) is 16.9 Å². The molecule has 0 aliphatic heterocycles. The van der Waals surface area contributed by atoms with Crippen molar-refractivity contribution in [3.8, 4) is 22.8 Å². The molecule has 0 spiro atoms. The van der Waals surface area contributed by atoms with Crippen LogP contribution in [0.15, 0.2) is 60.8 Å². The van der Waals surface area contributed by atoms with Crippen molar-refractivity contribution < 1.29 is 14.3 Å². The second-order valence-corrected chi connectivity index (χ2v) is 8.48. The third kappa shape index (κ3) is 4.14. The van der Waals surface area contributed by atoms with Gasteiger partial charge in [0, 0.05) is 29.3 Å². The van der Waals surface area contributed by atoms with E-state index in [2.05, 4.69) is 36.2 Å². The van der Waals surface area contributed by atoms with Crippen LogP contribution in [-0.2, 0) is 5.41 Å². The van der Waals surface area contributed by atoms with Gasteiger partial charge in [0.25, 0.3) is 5.91 Å². The van der Waals surface area contributed by atoms with Crippen molar-refractivity contribution in [3.63, 3.8) is 0 Å². The molecule has 32 heavy (non-hydrogen) atoms. The molecule has 0 bridgehead atoms. The average Bonchev–Trinajstić information content (AvgIpc) is 3.26. The van der Waals surface area contributed by atoms with Crippen molar-refractivity contribution >= 4 is 17.4 Å². The van der Waals surface area contributed by atoms with E-state index in [1.807, 2.05) is 36.4 Å². The van der Waals surface area contributed by atoms with Gasteiger partial charge in [-0.3, -0.25) is 4.79 Å². The lowest BCUT2D eigenvalue weighted by Gasteiger charge is -2.19. The molecule has 0 fully saturated rings. The van der Waals surface area contributed by atoms with Crippen molar-refractivity contribution in [1.29, 1.82) is 0 Å². The third-order valence-electron chi connectivity index (χ3n) is 5.30. The molecular weight excluding hydrogens is 404 g/mol. The van der Waals surface area contributed by atoms with Crippen molar-refractivity contribution in [1.82, 2.24) is 14.6 Å². The van der Waals surface area contributed by atoms with Crippen LogP contribution >= 0.6 is 0 Å². The van der Waals surface area contributed by atoms with E-state index in [1.54, 1.807) is 43.1 Å². The first-order valence-corrected chi connectivity index (χ1v) is 10.3. The first kappa shape index (κ1) is 21.4. The fraction of sp³-hybridized carbons (Fsp3) is 0.240. The van der Waals surface area contributed by atoms with Crippen LogP contribution in [0.3, 0.4) is 0 Å². The van der Waals surface area contributed by atoms with Gasteiger partial charge in [0.05, 0.1) is 26.1 Å². The summed E-state index contributed by atoms with van der Waals surface area (Å²) in [5, 5.41) is 7.29. The number of benzene rings is 2. The first-order valence-electron chi connectivity index (χ1n) is 10.3. The van der Waals surface area contributed by atoms with E-state index in [1.165, 1.54) is 5.56 Å². The summed E-state index contributed by atoms with van der Waals surface area (Å²) in [4.78, 5) is 17.4. The van der Waals surface area contributed by atoms with Crippen LogP contribution in [0.2, 0.25) is 0 Å². The molecule has 0 saturated carbocycles. The van der Waals surface area contributed by atoms with Crippen molar-refractivity contribution in [2.45, 2.75) is 26.2 Å².